The van der Waals surface area contributed by atoms with E-state index in [-0.39, 0.29) is 23.7 Å². The smallest absolute Gasteiger partial charge is 0.224 e. The summed E-state index contributed by atoms with van der Waals surface area (Å²) in [5.41, 5.74) is 1.90. The Morgan fingerprint density at radius 1 is 1.32 bits per heavy atom. The van der Waals surface area contributed by atoms with Gasteiger partial charge in [0.05, 0.1) is 15.2 Å². The molecule has 1 heterocycles. The molecule has 0 aliphatic carbocycles. The summed E-state index contributed by atoms with van der Waals surface area (Å²) in [6, 6.07) is 5.91. The summed E-state index contributed by atoms with van der Waals surface area (Å²) in [6.07, 6.45) is 1.38. The highest BCUT2D eigenvalue weighted by Crippen LogP contribution is 2.32. The first-order chi connectivity index (χ1) is 9.90. The minimum absolute atomic E-state index is 0. The van der Waals surface area contributed by atoms with E-state index in [1.807, 2.05) is 25.2 Å². The number of carbonyl (C=O) groups excluding carboxylic acids is 1. The molecular weight excluding hydrogens is 318 g/mol. The molecule has 0 bridgehead atoms. The Labute approximate surface area is 142 Å². The first-order valence-electron chi connectivity index (χ1n) is 7.25. The zero-order valence-electron chi connectivity index (χ0n) is 13.5. The largest absolute Gasteiger partial charge is 0.326 e. The number of amides is 1. The predicted octanol–water partition coefficient (Wildman–Crippen LogP) is 3.95. The molecule has 0 atom stereocenters. The number of hydrogen-bond donors (Lipinski definition) is 2. The SMILES string of the molecule is CNCCCC(=O)Nc1ccc2nc(C(C)(C)C)sc2c1.Cl. The van der Waals surface area contributed by atoms with Crippen LogP contribution in [0.25, 0.3) is 10.2 Å². The molecule has 0 saturated carbocycles. The van der Waals surface area contributed by atoms with Gasteiger partial charge in [-0.15, -0.1) is 23.7 Å². The normalized spacial score (nSPS) is 11.3. The molecule has 2 rings (SSSR count). The Balaban J connectivity index is 0.00000242. The number of hydrogen-bond acceptors (Lipinski definition) is 4. The van der Waals surface area contributed by atoms with Crippen LogP contribution < -0.4 is 10.6 Å². The molecule has 0 radical (unpaired) electrons. The Hall–Kier alpha value is -1.17. The van der Waals surface area contributed by atoms with Crippen LogP contribution in [0.2, 0.25) is 0 Å². The van der Waals surface area contributed by atoms with E-state index >= 15 is 0 Å². The molecule has 1 aromatic heterocycles. The molecule has 0 aliphatic rings. The van der Waals surface area contributed by atoms with E-state index < -0.39 is 0 Å². The van der Waals surface area contributed by atoms with Crippen molar-refractivity contribution in [3.8, 4) is 0 Å². The predicted molar refractivity (Wildman–Crippen MR) is 97.4 cm³/mol. The van der Waals surface area contributed by atoms with Crippen molar-refractivity contribution in [3.05, 3.63) is 23.2 Å². The number of thiazole rings is 1. The number of aromatic nitrogens is 1. The second-order valence-corrected chi connectivity index (χ2v) is 7.24. The van der Waals surface area contributed by atoms with Crippen LogP contribution in [0.1, 0.15) is 38.6 Å². The molecular formula is C16H24ClN3OS. The molecule has 6 heteroatoms. The zero-order valence-corrected chi connectivity index (χ0v) is 15.2. The molecule has 1 aromatic carbocycles. The van der Waals surface area contributed by atoms with Gasteiger partial charge < -0.3 is 10.6 Å². The third-order valence-electron chi connectivity index (χ3n) is 3.14. The lowest BCUT2D eigenvalue weighted by molar-refractivity contribution is -0.116. The van der Waals surface area contributed by atoms with Crippen molar-refractivity contribution >= 4 is 45.6 Å². The fourth-order valence-electron chi connectivity index (χ4n) is 1.97. The Morgan fingerprint density at radius 3 is 2.68 bits per heavy atom. The molecule has 0 spiro atoms. The number of nitrogens with one attached hydrogen (secondary N) is 2. The lowest BCUT2D eigenvalue weighted by atomic mass is 9.98. The molecule has 0 saturated heterocycles. The maximum atomic E-state index is 11.8. The standard InChI is InChI=1S/C16H23N3OS.ClH/c1-16(2,3)15-19-12-8-7-11(10-13(12)21-15)18-14(20)6-5-9-17-4;/h7-8,10,17H,5-6,9H2,1-4H3,(H,18,20);1H. The van der Waals surface area contributed by atoms with Crippen molar-refractivity contribution < 1.29 is 4.79 Å². The van der Waals surface area contributed by atoms with Gasteiger partial charge in [0, 0.05) is 17.5 Å². The van der Waals surface area contributed by atoms with E-state index in [0.717, 1.165) is 33.9 Å². The third kappa shape index (κ3) is 4.93. The second-order valence-electron chi connectivity index (χ2n) is 6.21. The van der Waals surface area contributed by atoms with E-state index in [2.05, 4.69) is 36.4 Å². The van der Waals surface area contributed by atoms with Crippen molar-refractivity contribution in [2.45, 2.75) is 39.0 Å². The number of nitrogens with zero attached hydrogens (tertiary/aromatic N) is 1. The van der Waals surface area contributed by atoms with E-state index in [4.69, 9.17) is 0 Å². The Bertz CT molecular complexity index is 634. The maximum Gasteiger partial charge on any atom is 0.224 e. The summed E-state index contributed by atoms with van der Waals surface area (Å²) in [5, 5.41) is 7.11. The van der Waals surface area contributed by atoms with Crippen molar-refractivity contribution in [3.63, 3.8) is 0 Å². The topological polar surface area (TPSA) is 54.0 Å². The van der Waals surface area contributed by atoms with Crippen LogP contribution in [0.4, 0.5) is 5.69 Å². The van der Waals surface area contributed by atoms with E-state index in [1.54, 1.807) is 11.3 Å². The first kappa shape index (κ1) is 18.9. The second kappa shape index (κ2) is 7.90. The number of rotatable bonds is 5. The van der Waals surface area contributed by atoms with E-state index in [0.29, 0.717) is 6.42 Å². The Kier molecular flexibility index (Phi) is 6.78. The fourth-order valence-corrected chi connectivity index (χ4v) is 3.04. The summed E-state index contributed by atoms with van der Waals surface area (Å²) in [4.78, 5) is 16.5. The number of carbonyl (C=O) groups is 1. The molecule has 1 amide bonds. The highest BCUT2D eigenvalue weighted by molar-refractivity contribution is 7.18. The number of benzene rings is 1. The molecule has 0 aliphatic heterocycles. The minimum atomic E-state index is 0. The summed E-state index contributed by atoms with van der Waals surface area (Å²) >= 11 is 1.69. The van der Waals surface area contributed by atoms with Crippen LogP contribution >= 0.6 is 23.7 Å². The van der Waals surface area contributed by atoms with Gasteiger partial charge >= 0.3 is 0 Å². The van der Waals surface area contributed by atoms with Crippen LogP contribution in [0.3, 0.4) is 0 Å². The van der Waals surface area contributed by atoms with E-state index in [1.165, 1.54) is 0 Å². The van der Waals surface area contributed by atoms with E-state index in [9.17, 15) is 4.79 Å². The van der Waals surface area contributed by atoms with Gasteiger partial charge in [-0.3, -0.25) is 4.79 Å². The molecule has 2 N–H and O–H groups in total. The van der Waals surface area contributed by atoms with Crippen molar-refractivity contribution in [1.29, 1.82) is 0 Å². The van der Waals surface area contributed by atoms with Gasteiger partial charge in [-0.25, -0.2) is 4.98 Å². The average Bonchev–Trinajstić information content (AvgIpc) is 2.82. The highest BCUT2D eigenvalue weighted by atomic mass is 35.5. The molecule has 0 unspecified atom stereocenters. The lowest BCUT2D eigenvalue weighted by Crippen LogP contribution is -2.15. The number of anilines is 1. The van der Waals surface area contributed by atoms with Crippen molar-refractivity contribution in [2.75, 3.05) is 18.9 Å². The van der Waals surface area contributed by atoms with Gasteiger partial charge in [-0.1, -0.05) is 20.8 Å². The summed E-state index contributed by atoms with van der Waals surface area (Å²) in [6.45, 7) is 7.34. The van der Waals surface area contributed by atoms with Crippen LogP contribution in [-0.4, -0.2) is 24.5 Å². The van der Waals surface area contributed by atoms with Gasteiger partial charge in [-0.2, -0.15) is 0 Å². The number of fused-ring (bicyclic) bond motifs is 1. The minimum Gasteiger partial charge on any atom is -0.326 e. The van der Waals surface area contributed by atoms with Gasteiger partial charge in [0.2, 0.25) is 5.91 Å². The van der Waals surface area contributed by atoms with Crippen LogP contribution in [-0.2, 0) is 10.2 Å². The van der Waals surface area contributed by atoms with Gasteiger partial charge in [-0.05, 0) is 38.2 Å². The number of halogens is 1. The average molecular weight is 342 g/mol. The summed E-state index contributed by atoms with van der Waals surface area (Å²) in [7, 11) is 1.89. The molecule has 2 aromatic rings. The van der Waals surface area contributed by atoms with Crippen molar-refractivity contribution in [2.24, 2.45) is 0 Å². The van der Waals surface area contributed by atoms with Gasteiger partial charge in [0.1, 0.15) is 0 Å². The highest BCUT2D eigenvalue weighted by Gasteiger charge is 2.18. The van der Waals surface area contributed by atoms with Crippen LogP contribution in [0, 0.1) is 0 Å². The molecule has 4 nitrogen and oxygen atoms in total. The first-order valence-corrected chi connectivity index (χ1v) is 8.07. The zero-order chi connectivity index (χ0) is 15.5. The van der Waals surface area contributed by atoms with Crippen LogP contribution in [0.15, 0.2) is 18.2 Å². The summed E-state index contributed by atoms with van der Waals surface area (Å²) in [5.74, 6) is 0.0603. The van der Waals surface area contributed by atoms with Crippen LogP contribution in [0.5, 0.6) is 0 Å². The maximum absolute atomic E-state index is 11.8. The quantitative estimate of drug-likeness (QED) is 0.809. The molecule has 22 heavy (non-hydrogen) atoms. The van der Waals surface area contributed by atoms with Crippen molar-refractivity contribution in [1.82, 2.24) is 10.3 Å². The lowest BCUT2D eigenvalue weighted by Gasteiger charge is -2.13. The Morgan fingerprint density at radius 2 is 2.05 bits per heavy atom. The summed E-state index contributed by atoms with van der Waals surface area (Å²) < 4.78 is 1.12. The molecule has 122 valence electrons. The monoisotopic (exact) mass is 341 g/mol. The molecule has 0 fully saturated rings. The third-order valence-corrected chi connectivity index (χ3v) is 4.59. The van der Waals surface area contributed by atoms with Gasteiger partial charge in [0.15, 0.2) is 0 Å². The fraction of sp³-hybridized carbons (Fsp3) is 0.500. The van der Waals surface area contributed by atoms with Gasteiger partial charge in [0.25, 0.3) is 0 Å².